The van der Waals surface area contributed by atoms with Crippen molar-refractivity contribution in [2.24, 2.45) is 5.92 Å². The van der Waals surface area contributed by atoms with Gasteiger partial charge in [0.25, 0.3) is 5.91 Å². The van der Waals surface area contributed by atoms with Gasteiger partial charge in [-0.15, -0.1) is 11.3 Å². The Morgan fingerprint density at radius 3 is 2.56 bits per heavy atom. The van der Waals surface area contributed by atoms with Gasteiger partial charge in [-0.25, -0.2) is 26.8 Å². The van der Waals surface area contributed by atoms with E-state index < -0.39 is 54.8 Å². The molecule has 2 saturated carbocycles. The molecule has 2 saturated heterocycles. The molecule has 1 unspecified atom stereocenters. The van der Waals surface area contributed by atoms with Crippen LogP contribution in [0.3, 0.4) is 0 Å². The highest BCUT2D eigenvalue weighted by Gasteiger charge is 2.62. The van der Waals surface area contributed by atoms with E-state index in [0.717, 1.165) is 36.9 Å². The first-order chi connectivity index (χ1) is 24.7. The summed E-state index contributed by atoms with van der Waals surface area (Å²) in [6.45, 7) is 5.99. The number of thiazole rings is 1. The van der Waals surface area contributed by atoms with E-state index in [4.69, 9.17) is 19.4 Å². The number of ether oxygens (including phenoxy) is 2. The number of amides is 2. The van der Waals surface area contributed by atoms with Crippen molar-refractivity contribution < 1.29 is 35.9 Å². The standard InChI is InChI=1S/C36H47N5O8S3/c1-21(2)28-20-50-34(38-28)27-17-31(26-13-14-30(48-4)22(3)32(26)37-27)49-24-16-29-33(42)39-36(35(43)40-52(46,47)25-11-12-25)18-23(36)10-8-6-5-7-9-15-51(44,45)41(29)19-24/h13-14,17,20-21,23-25,29H,5-12,15-16,18-19H2,1-4H3,(H,39,42)(H,40,43)/t23-,24?,29+,36-/m1/s1. The Morgan fingerprint density at radius 1 is 1.10 bits per heavy atom. The molecule has 16 heteroatoms. The number of benzene rings is 1. The third kappa shape index (κ3) is 7.27. The van der Waals surface area contributed by atoms with Crippen LogP contribution in [0.4, 0.5) is 0 Å². The third-order valence-electron chi connectivity index (χ3n) is 10.9. The van der Waals surface area contributed by atoms with Crippen molar-refractivity contribution >= 4 is 54.1 Å². The van der Waals surface area contributed by atoms with E-state index in [0.29, 0.717) is 65.2 Å². The summed E-state index contributed by atoms with van der Waals surface area (Å²) in [6, 6.07) is 4.36. The minimum Gasteiger partial charge on any atom is -0.496 e. The van der Waals surface area contributed by atoms with Crippen LogP contribution in [0.1, 0.15) is 95.2 Å². The normalized spacial score (nSPS) is 26.9. The molecule has 4 heterocycles. The second-order valence-electron chi connectivity index (χ2n) is 15.0. The van der Waals surface area contributed by atoms with Gasteiger partial charge >= 0.3 is 0 Å². The summed E-state index contributed by atoms with van der Waals surface area (Å²) in [4.78, 5) is 37.6. The van der Waals surface area contributed by atoms with Crippen LogP contribution in [0.2, 0.25) is 0 Å². The van der Waals surface area contributed by atoms with Gasteiger partial charge in [-0.1, -0.05) is 39.5 Å². The average molecular weight is 774 g/mol. The molecule has 3 aromatic rings. The number of sulfonamides is 2. The number of hydrogen-bond donors (Lipinski definition) is 2. The monoisotopic (exact) mass is 773 g/mol. The Labute approximate surface area is 309 Å². The molecule has 2 amide bonds. The van der Waals surface area contributed by atoms with Gasteiger partial charge < -0.3 is 14.8 Å². The van der Waals surface area contributed by atoms with Crippen molar-refractivity contribution in [2.75, 3.05) is 19.4 Å². The molecule has 13 nitrogen and oxygen atoms in total. The second-order valence-corrected chi connectivity index (χ2v) is 19.9. The fourth-order valence-corrected chi connectivity index (χ4v) is 11.6. The second kappa shape index (κ2) is 14.1. The number of aryl methyl sites for hydroxylation is 1. The largest absolute Gasteiger partial charge is 0.496 e. The van der Waals surface area contributed by atoms with E-state index in [1.165, 1.54) is 15.6 Å². The van der Waals surface area contributed by atoms with E-state index in [-0.39, 0.29) is 30.6 Å². The highest BCUT2D eigenvalue weighted by atomic mass is 32.2. The molecule has 4 atom stereocenters. The van der Waals surface area contributed by atoms with Gasteiger partial charge in [0.15, 0.2) is 0 Å². The van der Waals surface area contributed by atoms with Crippen LogP contribution in [0.15, 0.2) is 23.6 Å². The molecule has 2 N–H and O–H groups in total. The first-order valence-electron chi connectivity index (χ1n) is 18.2. The summed E-state index contributed by atoms with van der Waals surface area (Å²) in [5, 5.41) is 5.71. The fraction of sp³-hybridized carbons (Fsp3) is 0.611. The van der Waals surface area contributed by atoms with Gasteiger partial charge in [-0.2, -0.15) is 4.31 Å². The predicted molar refractivity (Wildman–Crippen MR) is 198 cm³/mol. The molecule has 4 fully saturated rings. The number of nitrogens with zero attached hydrogens (tertiary/aromatic N) is 3. The maximum Gasteiger partial charge on any atom is 0.259 e. The molecule has 1 aromatic carbocycles. The highest BCUT2D eigenvalue weighted by molar-refractivity contribution is 7.91. The Kier molecular flexibility index (Phi) is 10.1. The molecule has 2 aromatic heterocycles. The number of hydrogen-bond acceptors (Lipinski definition) is 11. The zero-order chi connectivity index (χ0) is 37.0. The van der Waals surface area contributed by atoms with Crippen molar-refractivity contribution in [3.63, 3.8) is 0 Å². The lowest BCUT2D eigenvalue weighted by molar-refractivity contribution is -0.131. The zero-order valence-corrected chi connectivity index (χ0v) is 32.5. The Balaban J connectivity index is 1.21. The first kappa shape index (κ1) is 37.0. The summed E-state index contributed by atoms with van der Waals surface area (Å²) in [6.07, 6.45) is 4.98. The molecule has 4 aliphatic rings. The van der Waals surface area contributed by atoms with E-state index in [1.54, 1.807) is 7.11 Å². The van der Waals surface area contributed by atoms with Crippen LogP contribution >= 0.6 is 11.3 Å². The van der Waals surface area contributed by atoms with Gasteiger partial charge in [-0.3, -0.25) is 14.3 Å². The van der Waals surface area contributed by atoms with E-state index >= 15 is 0 Å². The van der Waals surface area contributed by atoms with Gasteiger partial charge in [0.2, 0.25) is 26.0 Å². The van der Waals surface area contributed by atoms with E-state index in [9.17, 15) is 26.4 Å². The van der Waals surface area contributed by atoms with Crippen molar-refractivity contribution in [2.45, 2.75) is 114 Å². The minimum absolute atomic E-state index is 0.0385. The number of pyridine rings is 1. The number of rotatable bonds is 8. The van der Waals surface area contributed by atoms with Gasteiger partial charge in [0, 0.05) is 28.8 Å². The van der Waals surface area contributed by atoms with Crippen LogP contribution in [0.25, 0.3) is 21.6 Å². The Hall–Kier alpha value is -3.34. The summed E-state index contributed by atoms with van der Waals surface area (Å²) < 4.78 is 69.0. The number of fused-ring (bicyclic) bond motifs is 3. The van der Waals surface area contributed by atoms with Crippen LogP contribution in [0.5, 0.6) is 11.5 Å². The number of aromatic nitrogens is 2. The van der Waals surface area contributed by atoms with Crippen LogP contribution in [-0.4, -0.2) is 85.3 Å². The molecule has 7 rings (SSSR count). The topological polar surface area (TPSA) is 174 Å². The van der Waals surface area contributed by atoms with E-state index in [1.807, 2.05) is 30.5 Å². The number of methoxy groups -OCH3 is 1. The lowest BCUT2D eigenvalue weighted by Gasteiger charge is -2.26. The SMILES string of the molecule is COc1ccc2c(OC3C[C@H]4C(=O)N[C@]5(C(=O)NS(=O)(=O)C6CC6)C[C@H]5CCCCCCCS(=O)(=O)N4C3)cc(-c3nc(C(C)C)cs3)nc2c1C. The van der Waals surface area contributed by atoms with Crippen molar-refractivity contribution in [1.29, 1.82) is 0 Å². The van der Waals surface area contributed by atoms with Gasteiger partial charge in [0.05, 0.1) is 35.9 Å². The third-order valence-corrected chi connectivity index (χ3v) is 15.5. The fourth-order valence-electron chi connectivity index (χ4n) is 7.53. The van der Waals surface area contributed by atoms with Crippen molar-refractivity contribution in [3.05, 3.63) is 34.8 Å². The summed E-state index contributed by atoms with van der Waals surface area (Å²) in [5.74, 6) is -0.352. The molecular formula is C36H47N5O8S3. The molecule has 0 radical (unpaired) electrons. The smallest absolute Gasteiger partial charge is 0.259 e. The number of carbonyl (C=O) groups is 2. The molecule has 2 aliphatic heterocycles. The quantitative estimate of drug-likeness (QED) is 0.324. The predicted octanol–water partition coefficient (Wildman–Crippen LogP) is 4.79. The number of carbonyl (C=O) groups excluding carboxylic acids is 2. The first-order valence-corrected chi connectivity index (χ1v) is 22.2. The van der Waals surface area contributed by atoms with Gasteiger partial charge in [-0.05, 0) is 63.0 Å². The maximum atomic E-state index is 14.2. The summed E-state index contributed by atoms with van der Waals surface area (Å²) in [7, 11) is -6.15. The molecule has 282 valence electrons. The Bertz CT molecular complexity index is 2100. The van der Waals surface area contributed by atoms with Crippen molar-refractivity contribution in [3.8, 4) is 22.2 Å². The zero-order valence-electron chi connectivity index (χ0n) is 30.0. The minimum atomic E-state index is -3.90. The lowest BCUT2D eigenvalue weighted by atomic mass is 10.0. The average Bonchev–Trinajstić information content (AvgIpc) is 3.96. The molecule has 0 spiro atoms. The van der Waals surface area contributed by atoms with Crippen molar-refractivity contribution in [1.82, 2.24) is 24.3 Å². The summed E-state index contributed by atoms with van der Waals surface area (Å²) >= 11 is 1.48. The molecule has 2 aliphatic carbocycles. The van der Waals surface area contributed by atoms with Crippen LogP contribution in [-0.2, 0) is 29.6 Å². The van der Waals surface area contributed by atoms with E-state index in [2.05, 4.69) is 23.9 Å². The van der Waals surface area contributed by atoms with Crippen LogP contribution in [0, 0.1) is 12.8 Å². The Morgan fingerprint density at radius 2 is 1.85 bits per heavy atom. The molecule has 52 heavy (non-hydrogen) atoms. The highest BCUT2D eigenvalue weighted by Crippen LogP contribution is 2.48. The maximum absolute atomic E-state index is 14.2. The van der Waals surface area contributed by atoms with Gasteiger partial charge in [0.1, 0.15) is 39.9 Å². The molecular weight excluding hydrogens is 727 g/mol. The number of nitrogens with one attached hydrogen (secondary N) is 2. The van der Waals surface area contributed by atoms with Crippen LogP contribution < -0.4 is 19.5 Å². The molecule has 0 bridgehead atoms. The lowest BCUT2D eigenvalue weighted by Crippen LogP contribution is -2.56. The summed E-state index contributed by atoms with van der Waals surface area (Å²) in [5.41, 5.74) is 1.61.